The van der Waals surface area contributed by atoms with Crippen molar-refractivity contribution in [2.75, 3.05) is 37.7 Å². The first kappa shape index (κ1) is 49.3. The Hall–Kier alpha value is -2.16. The van der Waals surface area contributed by atoms with Gasteiger partial charge in [-0.25, -0.2) is 4.79 Å². The SMILES string of the molecule is CC(C)[C@@H](N)C(=O)O[C@H]1CC[C@H]2[C@@H]3[C@H](CCCCCCCCC[S+]([O-])CCCC(F)(F)C(F)(F)F)Cc4cc(OC(=O)N5CCC(N6CCCCC6)CC5)ccc4[C@H]3CC[C@]12C. The minimum atomic E-state index is -5.57. The second-order valence-electron chi connectivity index (χ2n) is 20.0. The molecular weight excluding hydrogens is 826 g/mol. The topological polar surface area (TPSA) is 108 Å². The average molecular weight is 900 g/mol. The van der Waals surface area contributed by atoms with Gasteiger partial charge in [0.1, 0.15) is 29.4 Å². The molecule has 3 aliphatic carbocycles. The highest BCUT2D eigenvalue weighted by Gasteiger charge is 2.59. The van der Waals surface area contributed by atoms with Gasteiger partial charge in [-0.05, 0) is 149 Å². The van der Waals surface area contributed by atoms with Crippen LogP contribution in [0.4, 0.5) is 26.7 Å². The maximum absolute atomic E-state index is 13.4. The van der Waals surface area contributed by atoms with Gasteiger partial charge in [0.25, 0.3) is 0 Å². The molecule has 352 valence electrons. The quantitative estimate of drug-likeness (QED) is 0.0637. The van der Waals surface area contributed by atoms with Crippen molar-refractivity contribution in [3.63, 3.8) is 0 Å². The summed E-state index contributed by atoms with van der Waals surface area (Å²) in [5, 5.41) is 0. The Morgan fingerprint density at radius 3 is 2.23 bits per heavy atom. The van der Waals surface area contributed by atoms with Crippen molar-refractivity contribution >= 4 is 23.2 Å². The van der Waals surface area contributed by atoms with E-state index in [0.717, 1.165) is 103 Å². The summed E-state index contributed by atoms with van der Waals surface area (Å²) in [6.45, 7) is 10.0. The fraction of sp³-hybridized carbons (Fsp3) is 0.833. The number of carbonyl (C=O) groups is 2. The highest BCUT2D eigenvalue weighted by atomic mass is 32.2. The number of alkyl halides is 5. The molecule has 0 radical (unpaired) electrons. The van der Waals surface area contributed by atoms with E-state index in [1.807, 2.05) is 24.8 Å². The van der Waals surface area contributed by atoms with Crippen LogP contribution in [0, 0.1) is 29.1 Å². The van der Waals surface area contributed by atoms with Gasteiger partial charge >= 0.3 is 24.2 Å². The van der Waals surface area contributed by atoms with Crippen LogP contribution in [-0.4, -0.2) is 94.4 Å². The molecule has 14 heteroatoms. The Kier molecular flexibility index (Phi) is 17.4. The molecule has 2 heterocycles. The maximum Gasteiger partial charge on any atom is 0.453 e. The lowest BCUT2D eigenvalue weighted by atomic mass is 9.52. The lowest BCUT2D eigenvalue weighted by molar-refractivity contribution is -0.284. The van der Waals surface area contributed by atoms with Crippen LogP contribution < -0.4 is 10.5 Å². The molecule has 2 aliphatic heterocycles. The molecule has 1 aromatic rings. The molecule has 6 rings (SSSR count). The largest absolute Gasteiger partial charge is 0.616 e. The number of carbonyl (C=O) groups excluding carboxylic acids is 2. The van der Waals surface area contributed by atoms with Gasteiger partial charge in [0.15, 0.2) is 0 Å². The van der Waals surface area contributed by atoms with Crippen molar-refractivity contribution in [2.45, 2.75) is 185 Å². The van der Waals surface area contributed by atoms with E-state index in [1.54, 1.807) is 0 Å². The van der Waals surface area contributed by atoms with E-state index in [0.29, 0.717) is 47.6 Å². The van der Waals surface area contributed by atoms with Gasteiger partial charge in [0, 0.05) is 31.0 Å². The molecule has 2 N–H and O–H groups in total. The summed E-state index contributed by atoms with van der Waals surface area (Å²) in [6, 6.07) is 6.26. The van der Waals surface area contributed by atoms with Crippen LogP contribution in [0.25, 0.3) is 0 Å². The van der Waals surface area contributed by atoms with Crippen LogP contribution in [0.2, 0.25) is 0 Å². The number of rotatable bonds is 19. The lowest BCUT2D eigenvalue weighted by Crippen LogP contribution is -2.49. The molecule has 8 atom stereocenters. The number of likely N-dealkylation sites (tertiary alicyclic amines) is 2. The van der Waals surface area contributed by atoms with E-state index < -0.39 is 42.2 Å². The minimum Gasteiger partial charge on any atom is -0.616 e. The van der Waals surface area contributed by atoms with Crippen molar-refractivity contribution in [1.29, 1.82) is 0 Å². The number of amides is 1. The zero-order valence-corrected chi connectivity index (χ0v) is 38.4. The molecule has 0 spiro atoms. The van der Waals surface area contributed by atoms with Crippen LogP contribution in [0.3, 0.4) is 0 Å². The van der Waals surface area contributed by atoms with Crippen molar-refractivity contribution < 1.29 is 45.6 Å². The number of ether oxygens (including phenoxy) is 2. The summed E-state index contributed by atoms with van der Waals surface area (Å²) in [5.74, 6) is -2.52. The number of nitrogens with zero attached hydrogens (tertiary/aromatic N) is 2. The summed E-state index contributed by atoms with van der Waals surface area (Å²) in [5.41, 5.74) is 8.78. The normalized spacial score (nSPS) is 28.2. The fourth-order valence-corrected chi connectivity index (χ4v) is 13.1. The molecule has 1 aromatic carbocycles. The Bertz CT molecular complexity index is 1600. The Morgan fingerprint density at radius 1 is 0.887 bits per heavy atom. The highest BCUT2D eigenvalue weighted by molar-refractivity contribution is 7.91. The number of piperidine rings is 2. The summed E-state index contributed by atoms with van der Waals surface area (Å²) in [7, 11) is 0. The molecule has 1 unspecified atom stereocenters. The van der Waals surface area contributed by atoms with Gasteiger partial charge in [0.05, 0.1) is 0 Å². The molecule has 1 amide bonds. The Labute approximate surface area is 370 Å². The van der Waals surface area contributed by atoms with Gasteiger partial charge in [-0.1, -0.05) is 76.5 Å². The number of fused-ring (bicyclic) bond motifs is 5. The molecule has 2 saturated carbocycles. The van der Waals surface area contributed by atoms with Crippen molar-refractivity contribution in [3.8, 4) is 5.75 Å². The molecule has 0 aromatic heterocycles. The molecule has 4 fully saturated rings. The van der Waals surface area contributed by atoms with E-state index in [9.17, 15) is 36.1 Å². The van der Waals surface area contributed by atoms with Crippen LogP contribution in [-0.2, 0) is 27.1 Å². The van der Waals surface area contributed by atoms with Crippen LogP contribution in [0.5, 0.6) is 5.75 Å². The molecule has 2 saturated heterocycles. The number of hydrogen-bond acceptors (Lipinski definition) is 7. The number of nitrogens with two attached hydrogens (primary N) is 1. The second kappa shape index (κ2) is 21.9. The second-order valence-corrected chi connectivity index (χ2v) is 21.7. The number of esters is 1. The van der Waals surface area contributed by atoms with E-state index in [4.69, 9.17) is 15.2 Å². The van der Waals surface area contributed by atoms with E-state index in [2.05, 4.69) is 24.0 Å². The first-order chi connectivity index (χ1) is 29.5. The lowest BCUT2D eigenvalue weighted by Gasteiger charge is -2.53. The van der Waals surface area contributed by atoms with Crippen LogP contribution in [0.15, 0.2) is 18.2 Å². The summed E-state index contributed by atoms with van der Waals surface area (Å²) >= 11 is -1.40. The van der Waals surface area contributed by atoms with Gasteiger partial charge in [-0.2, -0.15) is 22.0 Å². The van der Waals surface area contributed by atoms with Crippen molar-refractivity contribution in [2.24, 2.45) is 34.8 Å². The third kappa shape index (κ3) is 12.2. The predicted molar refractivity (Wildman–Crippen MR) is 234 cm³/mol. The predicted octanol–water partition coefficient (Wildman–Crippen LogP) is 11.0. The van der Waals surface area contributed by atoms with E-state index >= 15 is 0 Å². The molecule has 5 aliphatic rings. The first-order valence-corrected chi connectivity index (χ1v) is 25.6. The minimum absolute atomic E-state index is 0.00601. The Balaban J connectivity index is 1.02. The summed E-state index contributed by atoms with van der Waals surface area (Å²) in [6.07, 6.45) is 10.7. The van der Waals surface area contributed by atoms with Crippen LogP contribution >= 0.6 is 0 Å². The summed E-state index contributed by atoms with van der Waals surface area (Å²) < 4.78 is 88.0. The number of halogens is 5. The summed E-state index contributed by atoms with van der Waals surface area (Å²) in [4.78, 5) is 31.0. The smallest absolute Gasteiger partial charge is 0.453 e. The first-order valence-electron chi connectivity index (χ1n) is 24.1. The molecule has 0 bridgehead atoms. The van der Waals surface area contributed by atoms with E-state index in [1.165, 1.54) is 43.5 Å². The number of benzene rings is 1. The number of hydrogen-bond donors (Lipinski definition) is 1. The third-order valence-corrected chi connectivity index (χ3v) is 17.1. The van der Waals surface area contributed by atoms with Crippen molar-refractivity contribution in [1.82, 2.24) is 9.80 Å². The monoisotopic (exact) mass is 900 g/mol. The molecular formula is C48H74F5N3O5S. The third-order valence-electron chi connectivity index (χ3n) is 15.6. The molecule has 62 heavy (non-hydrogen) atoms. The number of unbranched alkanes of at least 4 members (excludes halogenated alkanes) is 6. The van der Waals surface area contributed by atoms with Gasteiger partial charge < -0.3 is 29.6 Å². The van der Waals surface area contributed by atoms with Gasteiger partial charge in [-0.15, -0.1) is 0 Å². The van der Waals surface area contributed by atoms with Gasteiger partial charge in [0.2, 0.25) is 0 Å². The fourth-order valence-electron chi connectivity index (χ4n) is 11.9. The standard InChI is InChI=1S/C48H74F5N3O5S/c1-33(2)43(54)44(57)61-41-19-18-40-42-34(15-10-7-5-4-6-8-13-29-62(59)30-14-23-47(49,50)48(51,52)53)31-35-32-37(16-17-38(35)39(42)20-24-46(40,41)3)60-45(58)56-27-21-36(22-28-56)55-25-11-9-12-26-55/h16-17,32-34,36,39-43H,4-15,18-31,54H2,1-3H3/t34-,39-,40+,41+,42-,43-,46+,62?/m1/s1. The maximum atomic E-state index is 13.4. The zero-order chi connectivity index (χ0) is 44.7. The Morgan fingerprint density at radius 2 is 1.55 bits per heavy atom. The highest BCUT2D eigenvalue weighted by Crippen LogP contribution is 2.63. The zero-order valence-electron chi connectivity index (χ0n) is 37.5. The average Bonchev–Trinajstić information content (AvgIpc) is 3.57. The van der Waals surface area contributed by atoms with Gasteiger partial charge in [-0.3, -0.25) is 4.79 Å². The molecule has 8 nitrogen and oxygen atoms in total. The van der Waals surface area contributed by atoms with E-state index in [-0.39, 0.29) is 35.3 Å². The van der Waals surface area contributed by atoms with Crippen LogP contribution in [0.1, 0.15) is 160 Å². The van der Waals surface area contributed by atoms with Crippen molar-refractivity contribution in [3.05, 3.63) is 29.3 Å².